The maximum absolute atomic E-state index is 10.6. The fraction of sp³-hybridized carbons (Fsp3) is 1.00. The van der Waals surface area contributed by atoms with Crippen LogP contribution in [0.4, 0.5) is 0 Å². The molecule has 1 saturated heterocycles. The minimum Gasteiger partial charge on any atom is -0.389 e. The number of rotatable bonds is 3. The summed E-state index contributed by atoms with van der Waals surface area (Å²) >= 11 is 0. The highest BCUT2D eigenvalue weighted by Gasteiger charge is 2.39. The summed E-state index contributed by atoms with van der Waals surface area (Å²) in [5, 5.41) is 14.3. The molecule has 3 fully saturated rings. The van der Waals surface area contributed by atoms with E-state index in [9.17, 15) is 5.11 Å². The average Bonchev–Trinajstić information content (AvgIpc) is 2.47. The number of hydrogen-bond donors (Lipinski definition) is 2. The lowest BCUT2D eigenvalue weighted by molar-refractivity contribution is -0.111. The third kappa shape index (κ3) is 3.55. The number of hydrogen-bond acceptors (Lipinski definition) is 3. The molecule has 2 N–H and O–H groups in total. The van der Waals surface area contributed by atoms with Gasteiger partial charge in [0.15, 0.2) is 0 Å². The minimum absolute atomic E-state index is 0.170. The van der Waals surface area contributed by atoms with E-state index in [0.29, 0.717) is 6.04 Å². The van der Waals surface area contributed by atoms with E-state index < -0.39 is 5.60 Å². The van der Waals surface area contributed by atoms with Crippen molar-refractivity contribution in [3.8, 4) is 0 Å². The van der Waals surface area contributed by atoms with Crippen LogP contribution in [0.1, 0.15) is 77.0 Å². The van der Waals surface area contributed by atoms with Gasteiger partial charge in [-0.3, -0.25) is 0 Å². The highest BCUT2D eigenvalue weighted by atomic mass is 16.5. The lowest BCUT2D eigenvalue weighted by Gasteiger charge is -2.44. The van der Waals surface area contributed by atoms with Crippen LogP contribution < -0.4 is 5.32 Å². The molecule has 1 atom stereocenters. The quantitative estimate of drug-likeness (QED) is 0.835. The third-order valence-electron chi connectivity index (χ3n) is 5.76. The van der Waals surface area contributed by atoms with Crippen molar-refractivity contribution >= 4 is 0 Å². The van der Waals surface area contributed by atoms with Gasteiger partial charge in [-0.05, 0) is 38.5 Å². The van der Waals surface area contributed by atoms with Crippen molar-refractivity contribution in [2.75, 3.05) is 13.2 Å². The van der Waals surface area contributed by atoms with E-state index >= 15 is 0 Å². The van der Waals surface area contributed by atoms with E-state index in [2.05, 4.69) is 5.32 Å². The lowest BCUT2D eigenvalue weighted by atomic mass is 9.78. The summed E-state index contributed by atoms with van der Waals surface area (Å²) in [6.07, 6.45) is 14.4. The Morgan fingerprint density at radius 2 is 1.60 bits per heavy atom. The second kappa shape index (κ2) is 6.33. The topological polar surface area (TPSA) is 41.5 Å². The normalized spacial score (nSPS) is 33.1. The van der Waals surface area contributed by atoms with Gasteiger partial charge in [0.05, 0.1) is 11.2 Å². The van der Waals surface area contributed by atoms with Crippen LogP contribution in [-0.4, -0.2) is 35.5 Å². The Morgan fingerprint density at radius 3 is 2.30 bits per heavy atom. The summed E-state index contributed by atoms with van der Waals surface area (Å²) in [6, 6.07) is 0.549. The molecule has 0 bridgehead atoms. The van der Waals surface area contributed by atoms with Crippen LogP contribution in [0.5, 0.6) is 0 Å². The molecule has 3 heteroatoms. The zero-order valence-electron chi connectivity index (χ0n) is 12.8. The van der Waals surface area contributed by atoms with Crippen molar-refractivity contribution in [1.82, 2.24) is 5.32 Å². The molecule has 1 heterocycles. The van der Waals surface area contributed by atoms with E-state index in [-0.39, 0.29) is 5.60 Å². The fourth-order valence-corrected chi connectivity index (χ4v) is 4.47. The second-order valence-corrected chi connectivity index (χ2v) is 7.45. The van der Waals surface area contributed by atoms with Crippen molar-refractivity contribution in [2.45, 2.75) is 94.3 Å². The van der Waals surface area contributed by atoms with Gasteiger partial charge >= 0.3 is 0 Å². The summed E-state index contributed by atoms with van der Waals surface area (Å²) in [4.78, 5) is 0. The molecule has 3 nitrogen and oxygen atoms in total. The first kappa shape index (κ1) is 14.8. The molecular weight excluding hydrogens is 250 g/mol. The van der Waals surface area contributed by atoms with Crippen molar-refractivity contribution in [2.24, 2.45) is 0 Å². The fourth-order valence-electron chi connectivity index (χ4n) is 4.47. The number of aliphatic hydroxyl groups is 1. The molecule has 116 valence electrons. The van der Waals surface area contributed by atoms with E-state index in [1.165, 1.54) is 51.4 Å². The van der Waals surface area contributed by atoms with E-state index in [4.69, 9.17) is 4.74 Å². The first-order chi connectivity index (χ1) is 9.70. The predicted molar refractivity (Wildman–Crippen MR) is 80.8 cm³/mol. The van der Waals surface area contributed by atoms with Gasteiger partial charge in [-0.15, -0.1) is 0 Å². The van der Waals surface area contributed by atoms with Crippen LogP contribution in [0.25, 0.3) is 0 Å². The van der Waals surface area contributed by atoms with Gasteiger partial charge in [0.25, 0.3) is 0 Å². The zero-order chi connectivity index (χ0) is 13.9. The highest BCUT2D eigenvalue weighted by molar-refractivity contribution is 4.93. The molecule has 1 spiro atoms. The van der Waals surface area contributed by atoms with Crippen LogP contribution in [0.3, 0.4) is 0 Å². The molecule has 3 aliphatic rings. The number of ether oxygens (including phenoxy) is 1. The van der Waals surface area contributed by atoms with Gasteiger partial charge in [0.2, 0.25) is 0 Å². The molecule has 2 aliphatic carbocycles. The Hall–Kier alpha value is -0.120. The minimum atomic E-state index is -0.434. The van der Waals surface area contributed by atoms with Gasteiger partial charge in [-0.25, -0.2) is 0 Å². The van der Waals surface area contributed by atoms with E-state index in [0.717, 1.165) is 38.8 Å². The van der Waals surface area contributed by atoms with Crippen LogP contribution in [0.2, 0.25) is 0 Å². The summed E-state index contributed by atoms with van der Waals surface area (Å²) in [6.45, 7) is 1.68. The van der Waals surface area contributed by atoms with Gasteiger partial charge < -0.3 is 15.2 Å². The van der Waals surface area contributed by atoms with Crippen molar-refractivity contribution < 1.29 is 9.84 Å². The molecule has 0 aromatic rings. The Morgan fingerprint density at radius 1 is 0.950 bits per heavy atom. The standard InChI is InChI=1S/C17H31NO2/c19-16(8-3-1-4-9-16)14-18-15-7-12-20-17(13-15)10-5-2-6-11-17/h15,18-19H,1-14H2. The maximum atomic E-state index is 10.6. The summed E-state index contributed by atoms with van der Waals surface area (Å²) in [5.41, 5.74) is -0.264. The van der Waals surface area contributed by atoms with Crippen molar-refractivity contribution in [3.63, 3.8) is 0 Å². The van der Waals surface area contributed by atoms with Gasteiger partial charge in [0, 0.05) is 19.2 Å². The monoisotopic (exact) mass is 281 g/mol. The molecule has 3 rings (SSSR count). The molecular formula is C17H31NO2. The smallest absolute Gasteiger partial charge is 0.0771 e. The molecule has 1 unspecified atom stereocenters. The Balaban J connectivity index is 1.49. The van der Waals surface area contributed by atoms with Crippen LogP contribution >= 0.6 is 0 Å². The lowest BCUT2D eigenvalue weighted by Crippen LogP contribution is -2.52. The third-order valence-corrected chi connectivity index (χ3v) is 5.76. The molecule has 2 saturated carbocycles. The summed E-state index contributed by atoms with van der Waals surface area (Å²) in [5.74, 6) is 0. The van der Waals surface area contributed by atoms with Crippen LogP contribution in [0.15, 0.2) is 0 Å². The molecule has 0 aromatic heterocycles. The summed E-state index contributed by atoms with van der Waals surface area (Å²) in [7, 11) is 0. The van der Waals surface area contributed by atoms with E-state index in [1.54, 1.807) is 0 Å². The Labute approximate surface area is 123 Å². The Kier molecular flexibility index (Phi) is 4.68. The predicted octanol–water partition coefficient (Wildman–Crippen LogP) is 3.15. The molecule has 0 amide bonds. The van der Waals surface area contributed by atoms with Crippen LogP contribution in [0, 0.1) is 0 Å². The first-order valence-electron chi connectivity index (χ1n) is 8.80. The number of nitrogens with one attached hydrogen (secondary N) is 1. The van der Waals surface area contributed by atoms with Gasteiger partial charge in [-0.2, -0.15) is 0 Å². The highest BCUT2D eigenvalue weighted by Crippen LogP contribution is 2.38. The zero-order valence-corrected chi connectivity index (χ0v) is 12.8. The second-order valence-electron chi connectivity index (χ2n) is 7.45. The average molecular weight is 281 g/mol. The van der Waals surface area contributed by atoms with E-state index in [1.807, 2.05) is 0 Å². The summed E-state index contributed by atoms with van der Waals surface area (Å²) < 4.78 is 6.15. The van der Waals surface area contributed by atoms with Crippen LogP contribution in [-0.2, 0) is 4.74 Å². The van der Waals surface area contributed by atoms with Gasteiger partial charge in [0.1, 0.15) is 0 Å². The SMILES string of the molecule is OC1(CNC2CCOC3(CCCCC3)C2)CCCCC1. The molecule has 0 radical (unpaired) electrons. The Bertz CT molecular complexity index is 301. The van der Waals surface area contributed by atoms with Crippen molar-refractivity contribution in [1.29, 1.82) is 0 Å². The largest absolute Gasteiger partial charge is 0.389 e. The molecule has 1 aliphatic heterocycles. The molecule has 20 heavy (non-hydrogen) atoms. The molecule has 0 aromatic carbocycles. The van der Waals surface area contributed by atoms with Gasteiger partial charge in [-0.1, -0.05) is 38.5 Å². The maximum Gasteiger partial charge on any atom is 0.0771 e. The van der Waals surface area contributed by atoms with Crippen molar-refractivity contribution in [3.05, 3.63) is 0 Å². The first-order valence-corrected chi connectivity index (χ1v) is 8.80.